The molecule has 1 amide bonds. The fourth-order valence-electron chi connectivity index (χ4n) is 1.82. The molecular weight excluding hydrogens is 258 g/mol. The molecule has 0 radical (unpaired) electrons. The van der Waals surface area contributed by atoms with E-state index in [1.165, 1.54) is 0 Å². The Morgan fingerprint density at radius 1 is 1.45 bits per heavy atom. The van der Waals surface area contributed by atoms with Gasteiger partial charge in [-0.3, -0.25) is 9.48 Å². The summed E-state index contributed by atoms with van der Waals surface area (Å²) in [4.78, 5) is 23.7. The number of ketones is 1. The molecule has 0 saturated heterocycles. The highest BCUT2D eigenvalue weighted by atomic mass is 16.6. The normalized spacial score (nSPS) is 12.9. The summed E-state index contributed by atoms with van der Waals surface area (Å²) in [5.74, 6) is -0.0424. The molecule has 1 N–H and O–H groups in total. The maximum atomic E-state index is 12.1. The Labute approximate surface area is 119 Å². The van der Waals surface area contributed by atoms with Crippen molar-refractivity contribution in [1.29, 1.82) is 0 Å². The topological polar surface area (TPSA) is 73.2 Å². The minimum Gasteiger partial charge on any atom is -0.444 e. The predicted octanol–water partition coefficient (Wildman–Crippen LogP) is 2.21. The van der Waals surface area contributed by atoms with Gasteiger partial charge in [-0.1, -0.05) is 0 Å². The number of ether oxygens (including phenoxy) is 1. The van der Waals surface area contributed by atoms with Gasteiger partial charge in [0.15, 0.2) is 5.78 Å². The lowest BCUT2D eigenvalue weighted by atomic mass is 10.1. The van der Waals surface area contributed by atoms with Gasteiger partial charge >= 0.3 is 6.09 Å². The molecule has 0 aromatic carbocycles. The van der Waals surface area contributed by atoms with E-state index in [-0.39, 0.29) is 18.2 Å². The van der Waals surface area contributed by atoms with Crippen LogP contribution in [0.15, 0.2) is 6.20 Å². The average Bonchev–Trinajstić information content (AvgIpc) is 2.54. The molecule has 1 rings (SSSR count). The monoisotopic (exact) mass is 281 g/mol. The first-order valence-electron chi connectivity index (χ1n) is 6.61. The maximum Gasteiger partial charge on any atom is 0.407 e. The molecule has 0 fully saturated rings. The van der Waals surface area contributed by atoms with E-state index >= 15 is 0 Å². The van der Waals surface area contributed by atoms with Gasteiger partial charge in [-0.2, -0.15) is 5.10 Å². The zero-order valence-corrected chi connectivity index (χ0v) is 13.0. The van der Waals surface area contributed by atoms with Gasteiger partial charge in [-0.25, -0.2) is 4.79 Å². The van der Waals surface area contributed by atoms with Crippen molar-refractivity contribution in [3.8, 4) is 0 Å². The highest BCUT2D eigenvalue weighted by molar-refractivity contribution is 5.97. The lowest BCUT2D eigenvalue weighted by Gasteiger charge is -2.21. The van der Waals surface area contributed by atoms with Crippen molar-refractivity contribution in [2.75, 3.05) is 0 Å². The minimum atomic E-state index is -0.548. The number of alkyl carbamates (subject to hydrolysis) is 1. The van der Waals surface area contributed by atoms with Crippen LogP contribution in [-0.4, -0.2) is 33.3 Å². The number of hydrogen-bond acceptors (Lipinski definition) is 4. The van der Waals surface area contributed by atoms with Crippen LogP contribution in [0.2, 0.25) is 0 Å². The maximum absolute atomic E-state index is 12.1. The fraction of sp³-hybridized carbons (Fsp3) is 0.643. The molecule has 0 saturated carbocycles. The van der Waals surface area contributed by atoms with Crippen LogP contribution in [0.1, 0.15) is 50.2 Å². The number of Topliss-reactive ketones (excluding diaryl/α,β-unsaturated/α-hetero) is 1. The first kappa shape index (κ1) is 16.2. The zero-order valence-electron chi connectivity index (χ0n) is 13.0. The van der Waals surface area contributed by atoms with Crippen molar-refractivity contribution in [3.63, 3.8) is 0 Å². The minimum absolute atomic E-state index is 0.0424. The first-order valence-corrected chi connectivity index (χ1v) is 6.61. The van der Waals surface area contributed by atoms with Crippen molar-refractivity contribution < 1.29 is 14.3 Å². The van der Waals surface area contributed by atoms with Crippen LogP contribution < -0.4 is 5.32 Å². The highest BCUT2D eigenvalue weighted by Crippen LogP contribution is 2.11. The van der Waals surface area contributed by atoms with E-state index in [1.807, 2.05) is 0 Å². The summed E-state index contributed by atoms with van der Waals surface area (Å²) in [6.07, 6.45) is 1.39. The number of carbonyl (C=O) groups is 2. The van der Waals surface area contributed by atoms with Gasteiger partial charge in [0.05, 0.1) is 11.3 Å². The van der Waals surface area contributed by atoms with E-state index in [1.54, 1.807) is 52.5 Å². The van der Waals surface area contributed by atoms with Gasteiger partial charge in [0.2, 0.25) is 0 Å². The number of amides is 1. The van der Waals surface area contributed by atoms with E-state index in [2.05, 4.69) is 10.4 Å². The molecule has 20 heavy (non-hydrogen) atoms. The van der Waals surface area contributed by atoms with Gasteiger partial charge < -0.3 is 10.1 Å². The molecule has 1 aromatic heterocycles. The Kier molecular flexibility index (Phi) is 4.92. The Bertz CT molecular complexity index is 500. The van der Waals surface area contributed by atoms with Crippen LogP contribution in [0.5, 0.6) is 0 Å². The van der Waals surface area contributed by atoms with E-state index in [0.29, 0.717) is 11.3 Å². The smallest absolute Gasteiger partial charge is 0.407 e. The Balaban J connectivity index is 2.54. The molecule has 0 aliphatic rings. The number of hydrogen-bond donors (Lipinski definition) is 1. The second kappa shape index (κ2) is 6.07. The van der Waals surface area contributed by atoms with Crippen molar-refractivity contribution in [2.24, 2.45) is 7.05 Å². The van der Waals surface area contributed by atoms with Crippen molar-refractivity contribution in [3.05, 3.63) is 17.5 Å². The van der Waals surface area contributed by atoms with Crippen LogP contribution in [-0.2, 0) is 11.8 Å². The quantitative estimate of drug-likeness (QED) is 0.859. The highest BCUT2D eigenvalue weighted by Gasteiger charge is 2.20. The molecule has 6 nitrogen and oxygen atoms in total. The second-order valence-electron chi connectivity index (χ2n) is 5.98. The summed E-state index contributed by atoms with van der Waals surface area (Å²) < 4.78 is 6.75. The van der Waals surface area contributed by atoms with E-state index < -0.39 is 11.7 Å². The van der Waals surface area contributed by atoms with Crippen molar-refractivity contribution in [2.45, 2.75) is 52.7 Å². The summed E-state index contributed by atoms with van der Waals surface area (Å²) in [5.41, 5.74) is 0.737. The van der Waals surface area contributed by atoms with Gasteiger partial charge in [-0.05, 0) is 34.6 Å². The standard InChI is InChI=1S/C14H23N3O3/c1-9(15-13(19)20-14(3,4)5)7-12(18)11-8-17(6)16-10(11)2/h8-9H,7H2,1-6H3,(H,15,19). The largest absolute Gasteiger partial charge is 0.444 e. The van der Waals surface area contributed by atoms with Crippen LogP contribution in [0, 0.1) is 6.92 Å². The summed E-state index contributed by atoms with van der Waals surface area (Å²) in [7, 11) is 1.77. The second-order valence-corrected chi connectivity index (χ2v) is 5.98. The molecule has 0 spiro atoms. The number of carbonyl (C=O) groups excluding carboxylic acids is 2. The van der Waals surface area contributed by atoms with Crippen LogP contribution >= 0.6 is 0 Å². The molecule has 1 atom stereocenters. The molecular formula is C14H23N3O3. The van der Waals surface area contributed by atoms with Gasteiger partial charge in [0.1, 0.15) is 5.60 Å². The van der Waals surface area contributed by atoms with Gasteiger partial charge in [0.25, 0.3) is 0 Å². The molecule has 0 bridgehead atoms. The summed E-state index contributed by atoms with van der Waals surface area (Å²) in [6, 6.07) is -0.294. The SMILES string of the molecule is Cc1nn(C)cc1C(=O)CC(C)NC(=O)OC(C)(C)C. The third kappa shape index (κ3) is 5.03. The number of rotatable bonds is 4. The zero-order chi connectivity index (χ0) is 15.5. The number of nitrogens with one attached hydrogen (secondary N) is 1. The third-order valence-electron chi connectivity index (χ3n) is 2.57. The molecule has 0 aliphatic carbocycles. The molecule has 0 aliphatic heterocycles. The average molecular weight is 281 g/mol. The fourth-order valence-corrected chi connectivity index (χ4v) is 1.82. The van der Waals surface area contributed by atoms with E-state index in [4.69, 9.17) is 4.74 Å². The van der Waals surface area contributed by atoms with Crippen LogP contribution in [0.4, 0.5) is 4.79 Å². The lowest BCUT2D eigenvalue weighted by molar-refractivity contribution is 0.0506. The van der Waals surface area contributed by atoms with Crippen LogP contribution in [0.3, 0.4) is 0 Å². The van der Waals surface area contributed by atoms with Crippen molar-refractivity contribution in [1.82, 2.24) is 15.1 Å². The number of aromatic nitrogens is 2. The molecule has 6 heteroatoms. The summed E-state index contributed by atoms with van der Waals surface area (Å²) >= 11 is 0. The number of nitrogens with zero attached hydrogens (tertiary/aromatic N) is 2. The summed E-state index contributed by atoms with van der Waals surface area (Å²) in [6.45, 7) is 8.94. The first-order chi connectivity index (χ1) is 9.08. The Morgan fingerprint density at radius 2 is 2.05 bits per heavy atom. The Morgan fingerprint density at radius 3 is 2.50 bits per heavy atom. The molecule has 1 unspecified atom stereocenters. The van der Waals surface area contributed by atoms with E-state index in [9.17, 15) is 9.59 Å². The number of aryl methyl sites for hydroxylation is 2. The summed E-state index contributed by atoms with van der Waals surface area (Å²) in [5, 5.41) is 6.79. The van der Waals surface area contributed by atoms with Gasteiger partial charge in [0, 0.05) is 25.7 Å². The third-order valence-corrected chi connectivity index (χ3v) is 2.57. The molecule has 1 heterocycles. The van der Waals surface area contributed by atoms with Gasteiger partial charge in [-0.15, -0.1) is 0 Å². The van der Waals surface area contributed by atoms with Crippen molar-refractivity contribution >= 4 is 11.9 Å². The predicted molar refractivity (Wildman–Crippen MR) is 75.7 cm³/mol. The molecule has 1 aromatic rings. The lowest BCUT2D eigenvalue weighted by Crippen LogP contribution is -2.38. The van der Waals surface area contributed by atoms with Crippen LogP contribution in [0.25, 0.3) is 0 Å². The molecule has 112 valence electrons. The Hall–Kier alpha value is -1.85. The van der Waals surface area contributed by atoms with E-state index in [0.717, 1.165) is 0 Å².